The first-order chi connectivity index (χ1) is 15.6. The Balaban J connectivity index is 1.52. The summed E-state index contributed by atoms with van der Waals surface area (Å²) in [5.41, 5.74) is 2.33. The second-order valence-electron chi connectivity index (χ2n) is 7.28. The number of nitrogens with one attached hydrogen (secondary N) is 1. The van der Waals surface area contributed by atoms with E-state index in [1.54, 1.807) is 17.9 Å². The molecule has 4 aromatic rings. The molecule has 0 aliphatic carbocycles. The van der Waals surface area contributed by atoms with Gasteiger partial charge in [0.1, 0.15) is 18.1 Å². The fourth-order valence-electron chi connectivity index (χ4n) is 3.51. The fourth-order valence-corrected chi connectivity index (χ4v) is 3.67. The number of hydrogen-bond acceptors (Lipinski definition) is 5. The number of halogens is 1. The molecule has 2 heterocycles. The maximum atomic E-state index is 13.3. The molecule has 2 aromatic heterocycles. The summed E-state index contributed by atoms with van der Waals surface area (Å²) in [6, 6.07) is 20.6. The van der Waals surface area contributed by atoms with E-state index in [2.05, 4.69) is 10.3 Å². The molecule has 2 aromatic carbocycles. The zero-order chi connectivity index (χ0) is 22.3. The normalized spacial score (nSPS) is 10.9. The number of nitrogens with zero attached hydrogens (tertiary/aromatic N) is 2. The van der Waals surface area contributed by atoms with E-state index < -0.39 is 0 Å². The summed E-state index contributed by atoms with van der Waals surface area (Å²) in [6.07, 6.45) is 1.76. The summed E-state index contributed by atoms with van der Waals surface area (Å²) in [5.74, 6) is 1.48. The highest BCUT2D eigenvalue weighted by atomic mass is 35.5. The molecule has 0 atom stereocenters. The predicted octanol–water partition coefficient (Wildman–Crippen LogP) is 4.43. The van der Waals surface area contributed by atoms with E-state index in [1.165, 1.54) is 0 Å². The first kappa shape index (κ1) is 21.9. The number of hydrogen-bond donors (Lipinski definition) is 1. The SMILES string of the molecule is COc1ccc(OCCn2c(=O)c(CNCc3ccccn3)cc3ccc(Cl)cc32)cc1. The molecule has 0 bridgehead atoms. The Morgan fingerprint density at radius 2 is 1.81 bits per heavy atom. The van der Waals surface area contributed by atoms with Gasteiger partial charge < -0.3 is 19.4 Å². The number of aromatic nitrogens is 2. The van der Waals surface area contributed by atoms with Crippen LogP contribution in [0.2, 0.25) is 5.02 Å². The van der Waals surface area contributed by atoms with Gasteiger partial charge in [-0.05, 0) is 60.0 Å². The van der Waals surface area contributed by atoms with Gasteiger partial charge in [-0.25, -0.2) is 0 Å². The Kier molecular flexibility index (Phi) is 7.04. The minimum atomic E-state index is -0.0633. The third kappa shape index (κ3) is 5.28. The summed E-state index contributed by atoms with van der Waals surface area (Å²) in [7, 11) is 1.62. The molecular weight excluding hydrogens is 426 g/mol. The first-order valence-corrected chi connectivity index (χ1v) is 10.7. The van der Waals surface area contributed by atoms with Crippen molar-refractivity contribution in [3.05, 3.63) is 99.6 Å². The minimum absolute atomic E-state index is 0.0633. The zero-order valence-corrected chi connectivity index (χ0v) is 18.5. The van der Waals surface area contributed by atoms with Gasteiger partial charge in [0.05, 0.1) is 24.9 Å². The van der Waals surface area contributed by atoms with Crippen LogP contribution in [-0.4, -0.2) is 23.3 Å². The van der Waals surface area contributed by atoms with Gasteiger partial charge >= 0.3 is 0 Å². The number of methoxy groups -OCH3 is 1. The molecule has 0 amide bonds. The van der Waals surface area contributed by atoms with Gasteiger partial charge in [-0.3, -0.25) is 9.78 Å². The van der Waals surface area contributed by atoms with Crippen LogP contribution in [0.15, 0.2) is 77.7 Å². The van der Waals surface area contributed by atoms with Crippen LogP contribution in [0.4, 0.5) is 0 Å². The molecule has 0 unspecified atom stereocenters. The maximum Gasteiger partial charge on any atom is 0.255 e. The monoisotopic (exact) mass is 449 g/mol. The Labute approximate surface area is 191 Å². The van der Waals surface area contributed by atoms with Gasteiger partial charge in [0.2, 0.25) is 0 Å². The van der Waals surface area contributed by atoms with E-state index >= 15 is 0 Å². The van der Waals surface area contributed by atoms with Crippen molar-refractivity contribution in [1.29, 1.82) is 0 Å². The lowest BCUT2D eigenvalue weighted by Crippen LogP contribution is -2.29. The fraction of sp³-hybridized carbons (Fsp3) is 0.200. The highest BCUT2D eigenvalue weighted by molar-refractivity contribution is 6.31. The molecule has 6 nitrogen and oxygen atoms in total. The number of ether oxygens (including phenoxy) is 2. The average molecular weight is 450 g/mol. The molecule has 1 N–H and O–H groups in total. The smallest absolute Gasteiger partial charge is 0.255 e. The molecule has 7 heteroatoms. The van der Waals surface area contributed by atoms with Crippen molar-refractivity contribution in [2.24, 2.45) is 0 Å². The quantitative estimate of drug-likeness (QED) is 0.409. The molecule has 32 heavy (non-hydrogen) atoms. The summed E-state index contributed by atoms with van der Waals surface area (Å²) in [5, 5.41) is 4.85. The van der Waals surface area contributed by atoms with E-state index in [-0.39, 0.29) is 5.56 Å². The van der Waals surface area contributed by atoms with Gasteiger partial charge in [0, 0.05) is 29.9 Å². The number of benzene rings is 2. The summed E-state index contributed by atoms with van der Waals surface area (Å²) < 4.78 is 12.7. The Bertz CT molecular complexity index is 1240. The van der Waals surface area contributed by atoms with E-state index in [1.807, 2.05) is 66.7 Å². The third-order valence-corrected chi connectivity index (χ3v) is 5.36. The standard InChI is InChI=1S/C25H24ClN3O3/c1-31-22-7-9-23(10-8-22)32-13-12-29-24-15-20(26)6-5-18(24)14-19(25(29)30)16-27-17-21-4-2-3-11-28-21/h2-11,14-15,27H,12-13,16-17H2,1H3. The van der Waals surface area contributed by atoms with Crippen LogP contribution in [0.25, 0.3) is 10.9 Å². The molecule has 0 saturated carbocycles. The summed E-state index contributed by atoms with van der Waals surface area (Å²) >= 11 is 6.21. The number of fused-ring (bicyclic) bond motifs is 1. The van der Waals surface area contributed by atoms with Crippen molar-refractivity contribution in [3.8, 4) is 11.5 Å². The molecule has 0 aliphatic rings. The lowest BCUT2D eigenvalue weighted by molar-refractivity contribution is 0.297. The van der Waals surface area contributed by atoms with Crippen LogP contribution in [0.5, 0.6) is 11.5 Å². The minimum Gasteiger partial charge on any atom is -0.497 e. The predicted molar refractivity (Wildman–Crippen MR) is 126 cm³/mol. The molecule has 0 spiro atoms. The number of pyridine rings is 2. The Morgan fingerprint density at radius 3 is 2.56 bits per heavy atom. The van der Waals surface area contributed by atoms with Gasteiger partial charge in [0.25, 0.3) is 5.56 Å². The van der Waals surface area contributed by atoms with Crippen molar-refractivity contribution in [3.63, 3.8) is 0 Å². The van der Waals surface area contributed by atoms with Gasteiger partial charge in [-0.1, -0.05) is 23.7 Å². The Hall–Kier alpha value is -3.35. The topological polar surface area (TPSA) is 65.4 Å². The molecule has 0 radical (unpaired) electrons. The Morgan fingerprint density at radius 1 is 1.00 bits per heavy atom. The van der Waals surface area contributed by atoms with E-state index in [9.17, 15) is 4.79 Å². The molecule has 164 valence electrons. The van der Waals surface area contributed by atoms with Gasteiger partial charge in [0.15, 0.2) is 0 Å². The second kappa shape index (κ2) is 10.3. The second-order valence-corrected chi connectivity index (χ2v) is 7.71. The maximum absolute atomic E-state index is 13.3. The van der Waals surface area contributed by atoms with E-state index in [4.69, 9.17) is 21.1 Å². The van der Waals surface area contributed by atoms with Crippen LogP contribution in [0.3, 0.4) is 0 Å². The lowest BCUT2D eigenvalue weighted by atomic mass is 10.1. The average Bonchev–Trinajstić information content (AvgIpc) is 2.82. The lowest BCUT2D eigenvalue weighted by Gasteiger charge is -2.15. The summed E-state index contributed by atoms with van der Waals surface area (Å²) in [4.78, 5) is 17.6. The van der Waals surface area contributed by atoms with Gasteiger partial charge in [-0.2, -0.15) is 0 Å². The van der Waals surface area contributed by atoms with Crippen molar-refractivity contribution in [2.75, 3.05) is 13.7 Å². The van der Waals surface area contributed by atoms with Crippen molar-refractivity contribution < 1.29 is 9.47 Å². The van der Waals surface area contributed by atoms with E-state index in [0.717, 1.165) is 28.1 Å². The first-order valence-electron chi connectivity index (χ1n) is 10.3. The molecule has 0 saturated heterocycles. The van der Waals surface area contributed by atoms with Crippen LogP contribution in [0, 0.1) is 0 Å². The molecule has 0 aliphatic heterocycles. The highest BCUT2D eigenvalue weighted by Crippen LogP contribution is 2.20. The summed E-state index contributed by atoms with van der Waals surface area (Å²) in [6.45, 7) is 1.77. The zero-order valence-electron chi connectivity index (χ0n) is 17.8. The van der Waals surface area contributed by atoms with Crippen LogP contribution in [0.1, 0.15) is 11.3 Å². The largest absolute Gasteiger partial charge is 0.497 e. The van der Waals surface area contributed by atoms with Crippen LogP contribution >= 0.6 is 11.6 Å². The molecular formula is C25H24ClN3O3. The number of rotatable bonds is 9. The van der Waals surface area contributed by atoms with Crippen molar-refractivity contribution in [1.82, 2.24) is 14.9 Å². The highest BCUT2D eigenvalue weighted by Gasteiger charge is 2.10. The van der Waals surface area contributed by atoms with Crippen LogP contribution in [-0.2, 0) is 19.6 Å². The van der Waals surface area contributed by atoms with Gasteiger partial charge in [-0.15, -0.1) is 0 Å². The van der Waals surface area contributed by atoms with Crippen molar-refractivity contribution in [2.45, 2.75) is 19.6 Å². The van der Waals surface area contributed by atoms with E-state index in [0.29, 0.717) is 36.8 Å². The molecule has 0 fully saturated rings. The van der Waals surface area contributed by atoms with Crippen molar-refractivity contribution >= 4 is 22.5 Å². The molecule has 4 rings (SSSR count). The van der Waals surface area contributed by atoms with Crippen LogP contribution < -0.4 is 20.3 Å². The third-order valence-electron chi connectivity index (χ3n) is 5.12.